The zero-order valence-corrected chi connectivity index (χ0v) is 8.24. The van der Waals surface area contributed by atoms with Crippen LogP contribution in [0.1, 0.15) is 18.4 Å². The second-order valence-electron chi connectivity index (χ2n) is 3.17. The van der Waals surface area contributed by atoms with Crippen LogP contribution in [-0.4, -0.2) is 17.1 Å². The summed E-state index contributed by atoms with van der Waals surface area (Å²) in [6.45, 7) is 1.59. The molecule has 0 radical (unpaired) electrons. The number of hydrogen-bond donors (Lipinski definition) is 1. The molecule has 78 valence electrons. The van der Waals surface area contributed by atoms with Gasteiger partial charge in [-0.1, -0.05) is 42.4 Å². The quantitative estimate of drug-likeness (QED) is 0.465. The second kappa shape index (κ2) is 5.02. The lowest BCUT2D eigenvalue weighted by atomic mass is 9.93. The number of carbonyl (C=O) groups is 1. The molecule has 0 aromatic heterocycles. The SMILES string of the molecule is CC(N=[N+]=[N-])C(C(=O)O)c1ccccc1. The Kier molecular flexibility index (Phi) is 3.71. The minimum Gasteiger partial charge on any atom is -0.481 e. The van der Waals surface area contributed by atoms with E-state index >= 15 is 0 Å². The molecule has 5 heteroatoms. The summed E-state index contributed by atoms with van der Waals surface area (Å²) in [6.07, 6.45) is 0. The molecule has 0 saturated heterocycles. The molecule has 0 bridgehead atoms. The Hall–Kier alpha value is -2.00. The molecule has 2 atom stereocenters. The minimum absolute atomic E-state index is 0.602. The van der Waals surface area contributed by atoms with Crippen molar-refractivity contribution in [2.45, 2.75) is 18.9 Å². The Bertz CT molecular complexity index is 385. The summed E-state index contributed by atoms with van der Waals surface area (Å²) >= 11 is 0. The van der Waals surface area contributed by atoms with Gasteiger partial charge in [-0.3, -0.25) is 4.79 Å². The number of azide groups is 1. The van der Waals surface area contributed by atoms with E-state index in [2.05, 4.69) is 10.0 Å². The van der Waals surface area contributed by atoms with Crippen LogP contribution >= 0.6 is 0 Å². The molecule has 0 spiro atoms. The molecular formula is C10H11N3O2. The third-order valence-corrected chi connectivity index (χ3v) is 2.14. The summed E-state index contributed by atoms with van der Waals surface area (Å²) in [5, 5.41) is 12.5. The van der Waals surface area contributed by atoms with Gasteiger partial charge in [0, 0.05) is 4.91 Å². The van der Waals surface area contributed by atoms with Crippen molar-refractivity contribution >= 4 is 5.97 Å². The van der Waals surface area contributed by atoms with Gasteiger partial charge in [0.1, 0.15) is 0 Å². The molecule has 0 fully saturated rings. The summed E-state index contributed by atoms with van der Waals surface area (Å²) in [7, 11) is 0. The molecule has 5 nitrogen and oxygen atoms in total. The van der Waals surface area contributed by atoms with Crippen molar-refractivity contribution in [3.8, 4) is 0 Å². The van der Waals surface area contributed by atoms with E-state index in [1.165, 1.54) is 0 Å². The van der Waals surface area contributed by atoms with E-state index in [0.717, 1.165) is 0 Å². The van der Waals surface area contributed by atoms with Gasteiger partial charge in [-0.25, -0.2) is 0 Å². The Morgan fingerprint density at radius 1 is 1.47 bits per heavy atom. The topological polar surface area (TPSA) is 86.1 Å². The monoisotopic (exact) mass is 205 g/mol. The third kappa shape index (κ3) is 2.72. The van der Waals surface area contributed by atoms with Crippen molar-refractivity contribution in [2.24, 2.45) is 5.11 Å². The molecule has 0 aliphatic carbocycles. The number of aliphatic carboxylic acids is 1. The van der Waals surface area contributed by atoms with Crippen molar-refractivity contribution in [1.82, 2.24) is 0 Å². The number of carboxylic acid groups (broad SMARTS) is 1. The lowest BCUT2D eigenvalue weighted by Crippen LogP contribution is -2.21. The van der Waals surface area contributed by atoms with Crippen LogP contribution in [0, 0.1) is 0 Å². The van der Waals surface area contributed by atoms with Crippen molar-refractivity contribution < 1.29 is 9.90 Å². The Morgan fingerprint density at radius 2 is 2.07 bits per heavy atom. The van der Waals surface area contributed by atoms with E-state index < -0.39 is 17.9 Å². The molecular weight excluding hydrogens is 194 g/mol. The first-order valence-electron chi connectivity index (χ1n) is 4.48. The van der Waals surface area contributed by atoms with Crippen LogP contribution < -0.4 is 0 Å². The molecule has 0 aliphatic heterocycles. The fraction of sp³-hybridized carbons (Fsp3) is 0.300. The highest BCUT2D eigenvalue weighted by molar-refractivity contribution is 5.77. The Balaban J connectivity index is 3.03. The number of benzene rings is 1. The number of hydrogen-bond acceptors (Lipinski definition) is 2. The van der Waals surface area contributed by atoms with Gasteiger partial charge in [0.15, 0.2) is 0 Å². The molecule has 1 aromatic rings. The van der Waals surface area contributed by atoms with Crippen LogP contribution in [0.15, 0.2) is 35.4 Å². The van der Waals surface area contributed by atoms with Crippen molar-refractivity contribution in [1.29, 1.82) is 0 Å². The van der Waals surface area contributed by atoms with Gasteiger partial charge in [0.2, 0.25) is 0 Å². The van der Waals surface area contributed by atoms with Gasteiger partial charge in [-0.2, -0.15) is 0 Å². The smallest absolute Gasteiger partial charge is 0.311 e. The molecule has 0 saturated carbocycles. The van der Waals surface area contributed by atoms with Crippen LogP contribution in [0.4, 0.5) is 0 Å². The van der Waals surface area contributed by atoms with Crippen molar-refractivity contribution in [2.75, 3.05) is 0 Å². The van der Waals surface area contributed by atoms with E-state index in [9.17, 15) is 4.79 Å². The minimum atomic E-state index is -0.985. The van der Waals surface area contributed by atoms with Gasteiger partial charge in [-0.05, 0) is 11.1 Å². The fourth-order valence-corrected chi connectivity index (χ4v) is 1.44. The first kappa shape index (κ1) is 11.1. The zero-order valence-electron chi connectivity index (χ0n) is 8.24. The van der Waals surface area contributed by atoms with E-state index in [-0.39, 0.29) is 0 Å². The predicted molar refractivity (Wildman–Crippen MR) is 55.4 cm³/mol. The standard InChI is InChI=1S/C10H11N3O2/c1-7(12-13-11)9(10(14)15)8-5-3-2-4-6-8/h2-7,9H,1H3,(H,14,15). The average molecular weight is 205 g/mol. The van der Waals surface area contributed by atoms with E-state index in [0.29, 0.717) is 5.56 Å². The highest BCUT2D eigenvalue weighted by Gasteiger charge is 2.25. The predicted octanol–water partition coefficient (Wildman–Crippen LogP) is 2.55. The lowest BCUT2D eigenvalue weighted by Gasteiger charge is -2.15. The van der Waals surface area contributed by atoms with E-state index in [4.69, 9.17) is 10.6 Å². The van der Waals surface area contributed by atoms with Gasteiger partial charge >= 0.3 is 5.97 Å². The molecule has 0 aliphatic rings. The maximum Gasteiger partial charge on any atom is 0.311 e. The molecule has 1 aromatic carbocycles. The molecule has 1 N–H and O–H groups in total. The van der Waals surface area contributed by atoms with E-state index in [1.54, 1.807) is 37.3 Å². The number of nitrogens with zero attached hydrogens (tertiary/aromatic N) is 3. The van der Waals surface area contributed by atoms with Crippen LogP contribution in [0.25, 0.3) is 10.4 Å². The summed E-state index contributed by atoms with van der Waals surface area (Å²) in [5.74, 6) is -1.77. The molecule has 15 heavy (non-hydrogen) atoms. The van der Waals surface area contributed by atoms with Crippen LogP contribution in [0.3, 0.4) is 0 Å². The summed E-state index contributed by atoms with van der Waals surface area (Å²) in [5.41, 5.74) is 8.92. The Labute approximate surface area is 87.0 Å². The maximum absolute atomic E-state index is 11.0. The molecule has 0 amide bonds. The first-order valence-corrected chi connectivity index (χ1v) is 4.48. The maximum atomic E-state index is 11.0. The van der Waals surface area contributed by atoms with Gasteiger partial charge < -0.3 is 5.11 Å². The molecule has 2 unspecified atom stereocenters. The first-order chi connectivity index (χ1) is 7.16. The summed E-state index contributed by atoms with van der Waals surface area (Å²) in [6, 6.07) is 8.14. The average Bonchev–Trinajstić information content (AvgIpc) is 2.19. The molecule has 0 heterocycles. The van der Waals surface area contributed by atoms with Gasteiger partial charge in [-0.15, -0.1) is 0 Å². The van der Waals surface area contributed by atoms with Crippen LogP contribution in [0.2, 0.25) is 0 Å². The fourth-order valence-electron chi connectivity index (χ4n) is 1.44. The number of carboxylic acids is 1. The highest BCUT2D eigenvalue weighted by Crippen LogP contribution is 2.22. The van der Waals surface area contributed by atoms with Crippen LogP contribution in [-0.2, 0) is 4.79 Å². The number of rotatable bonds is 4. The Morgan fingerprint density at radius 3 is 2.53 bits per heavy atom. The summed E-state index contributed by atoms with van der Waals surface area (Å²) < 4.78 is 0. The van der Waals surface area contributed by atoms with E-state index in [1.807, 2.05) is 0 Å². The summed E-state index contributed by atoms with van der Waals surface area (Å²) in [4.78, 5) is 13.7. The normalized spacial score (nSPS) is 13.7. The van der Waals surface area contributed by atoms with Crippen molar-refractivity contribution in [3.05, 3.63) is 46.3 Å². The second-order valence-corrected chi connectivity index (χ2v) is 3.17. The lowest BCUT2D eigenvalue weighted by molar-refractivity contribution is -0.139. The molecule has 1 rings (SSSR count). The van der Waals surface area contributed by atoms with Gasteiger partial charge in [0.05, 0.1) is 12.0 Å². The largest absolute Gasteiger partial charge is 0.481 e. The third-order valence-electron chi connectivity index (χ3n) is 2.14. The van der Waals surface area contributed by atoms with Crippen LogP contribution in [0.5, 0.6) is 0 Å². The van der Waals surface area contributed by atoms with Crippen molar-refractivity contribution in [3.63, 3.8) is 0 Å². The van der Waals surface area contributed by atoms with Gasteiger partial charge in [0.25, 0.3) is 0 Å². The zero-order chi connectivity index (χ0) is 11.3. The highest BCUT2D eigenvalue weighted by atomic mass is 16.4.